The minimum Gasteiger partial charge on any atom is -0.379 e. The van der Waals surface area contributed by atoms with E-state index < -0.39 is 40.9 Å². The second-order valence-electron chi connectivity index (χ2n) is 13.4. The van der Waals surface area contributed by atoms with Crippen molar-refractivity contribution in [1.82, 2.24) is 20.0 Å². The van der Waals surface area contributed by atoms with Crippen LogP contribution in [0.2, 0.25) is 0 Å². The van der Waals surface area contributed by atoms with Crippen LogP contribution in [0, 0.1) is 12.3 Å². The molecule has 3 amide bonds. The van der Waals surface area contributed by atoms with Crippen LogP contribution >= 0.6 is 0 Å². The molecule has 1 saturated heterocycles. The number of benzene rings is 3. The maximum atomic E-state index is 14.5. The molecule has 2 aliphatic heterocycles. The number of likely N-dealkylation sites (N-methyl/N-ethyl adjacent to an activating group) is 1. The van der Waals surface area contributed by atoms with Crippen molar-refractivity contribution in [3.63, 3.8) is 0 Å². The van der Waals surface area contributed by atoms with Gasteiger partial charge in [0.15, 0.2) is 0 Å². The molecule has 0 bridgehead atoms. The second kappa shape index (κ2) is 13.6. The van der Waals surface area contributed by atoms with Crippen LogP contribution in [0.4, 0.5) is 24.7 Å². The highest BCUT2D eigenvalue weighted by atomic mass is 19.4. The van der Waals surface area contributed by atoms with Gasteiger partial charge in [-0.15, -0.1) is 0 Å². The first-order chi connectivity index (χ1) is 24.5. The van der Waals surface area contributed by atoms with E-state index in [1.54, 1.807) is 27.8 Å². The molecule has 2 N–H and O–H groups in total. The maximum absolute atomic E-state index is 14.5. The average molecular weight is 701 g/mol. The van der Waals surface area contributed by atoms with Crippen molar-refractivity contribution >= 4 is 29.2 Å². The van der Waals surface area contributed by atoms with Crippen LogP contribution in [-0.2, 0) is 20.5 Å². The smallest absolute Gasteiger partial charge is 0.379 e. The van der Waals surface area contributed by atoms with Gasteiger partial charge < -0.3 is 15.4 Å². The molecule has 4 aromatic rings. The predicted octanol–water partition coefficient (Wildman–Crippen LogP) is 5.55. The number of halogens is 3. The lowest BCUT2D eigenvalue weighted by Crippen LogP contribution is -2.55. The van der Waals surface area contributed by atoms with Gasteiger partial charge in [0.05, 0.1) is 35.6 Å². The highest BCUT2D eigenvalue weighted by Gasteiger charge is 2.51. The number of fused-ring (bicyclic) bond motifs is 1. The molecule has 10 nitrogen and oxygen atoms in total. The Morgan fingerprint density at radius 1 is 0.980 bits per heavy atom. The standard InChI is InChI=1S/C38H39F3N6O4/c1-3-46-34-30(24(2)44-47(34)29-13-5-4-6-14-29)31(32(35(46)49)43-33(48)26-10-7-11-27(21-26)38(39,40)41)25-9-8-12-28(22-25)42-36(50)37(15-16-37)23-45-17-19-51-20-18-45/h4-14,21-22,31-32H,3,15-20,23H2,1-2H3,(H,42,50)(H,43,48)/t31-,32+/m0/s1. The summed E-state index contributed by atoms with van der Waals surface area (Å²) in [7, 11) is 0. The number of carbonyl (C=O) groups is 3. The normalized spacial score (nSPS) is 20.1. The van der Waals surface area contributed by atoms with Gasteiger partial charge in [0.1, 0.15) is 11.9 Å². The molecular weight excluding hydrogens is 661 g/mol. The molecule has 1 aliphatic carbocycles. The molecule has 0 radical (unpaired) electrons. The van der Waals surface area contributed by atoms with E-state index in [2.05, 4.69) is 15.5 Å². The van der Waals surface area contributed by atoms with E-state index >= 15 is 0 Å². The highest BCUT2D eigenvalue weighted by Crippen LogP contribution is 2.48. The number of carbonyl (C=O) groups excluding carboxylic acids is 3. The van der Waals surface area contributed by atoms with E-state index in [1.165, 1.54) is 12.1 Å². The summed E-state index contributed by atoms with van der Waals surface area (Å²) in [5.41, 5.74) is 1.51. The van der Waals surface area contributed by atoms with Crippen LogP contribution in [-0.4, -0.2) is 77.8 Å². The number of aromatic nitrogens is 2. The topological polar surface area (TPSA) is 109 Å². The fourth-order valence-electron chi connectivity index (χ4n) is 7.22. The van der Waals surface area contributed by atoms with Crippen LogP contribution in [0.25, 0.3) is 5.69 Å². The van der Waals surface area contributed by atoms with Crippen LogP contribution in [0.5, 0.6) is 0 Å². The van der Waals surface area contributed by atoms with Crippen molar-refractivity contribution in [2.75, 3.05) is 49.6 Å². The van der Waals surface area contributed by atoms with E-state index in [1.807, 2.05) is 50.2 Å². The Balaban J connectivity index is 1.27. The number of ether oxygens (including phenoxy) is 1. The molecular formula is C38H39F3N6O4. The minimum absolute atomic E-state index is 0.0776. The quantitative estimate of drug-likeness (QED) is 0.237. The number of aryl methyl sites for hydroxylation is 1. The molecule has 7 rings (SSSR count). The monoisotopic (exact) mass is 700 g/mol. The zero-order chi connectivity index (χ0) is 35.9. The molecule has 13 heteroatoms. The molecule has 1 saturated carbocycles. The Labute approximate surface area is 293 Å². The molecule has 3 heterocycles. The van der Waals surface area contributed by atoms with Crippen molar-refractivity contribution in [2.24, 2.45) is 5.41 Å². The van der Waals surface area contributed by atoms with Crippen molar-refractivity contribution in [3.05, 3.63) is 107 Å². The van der Waals surface area contributed by atoms with Gasteiger partial charge in [0.25, 0.3) is 11.8 Å². The second-order valence-corrected chi connectivity index (χ2v) is 13.4. The maximum Gasteiger partial charge on any atom is 0.416 e. The third-order valence-corrected chi connectivity index (χ3v) is 10.0. The van der Waals surface area contributed by atoms with Gasteiger partial charge in [-0.25, -0.2) is 4.68 Å². The van der Waals surface area contributed by atoms with Crippen LogP contribution in [0.3, 0.4) is 0 Å². The zero-order valence-corrected chi connectivity index (χ0v) is 28.4. The lowest BCUT2D eigenvalue weighted by molar-refractivity contribution is -0.137. The van der Waals surface area contributed by atoms with Crippen LogP contribution < -0.4 is 15.5 Å². The largest absolute Gasteiger partial charge is 0.416 e. The van der Waals surface area contributed by atoms with Gasteiger partial charge in [0, 0.05) is 48.9 Å². The summed E-state index contributed by atoms with van der Waals surface area (Å²) in [6, 6.07) is 19.5. The molecule has 2 atom stereocenters. The number of nitrogens with zero attached hydrogens (tertiary/aromatic N) is 4. The van der Waals surface area contributed by atoms with Crippen molar-refractivity contribution in [3.8, 4) is 5.69 Å². The number of nitrogens with one attached hydrogen (secondary N) is 2. The van der Waals surface area contributed by atoms with Gasteiger partial charge in [0.2, 0.25) is 5.91 Å². The summed E-state index contributed by atoms with van der Waals surface area (Å²) in [6.07, 6.45) is -3.09. The molecule has 0 spiro atoms. The number of anilines is 2. The third-order valence-electron chi connectivity index (χ3n) is 10.0. The van der Waals surface area contributed by atoms with E-state index in [9.17, 15) is 27.6 Å². The fraction of sp³-hybridized carbons (Fsp3) is 0.368. The Morgan fingerprint density at radius 2 is 1.71 bits per heavy atom. The summed E-state index contributed by atoms with van der Waals surface area (Å²) < 4.78 is 47.9. The molecule has 3 aliphatic rings. The Hall–Kier alpha value is -5.01. The van der Waals surface area contributed by atoms with Gasteiger partial charge in [-0.3, -0.25) is 24.2 Å². The van der Waals surface area contributed by atoms with E-state index in [0.29, 0.717) is 48.1 Å². The number of para-hydroxylation sites is 1. The molecule has 3 aromatic carbocycles. The summed E-state index contributed by atoms with van der Waals surface area (Å²) in [6.45, 7) is 7.37. The van der Waals surface area contributed by atoms with Gasteiger partial charge in [-0.2, -0.15) is 18.3 Å². The first-order valence-corrected chi connectivity index (χ1v) is 17.1. The third kappa shape index (κ3) is 6.75. The first-order valence-electron chi connectivity index (χ1n) is 17.1. The summed E-state index contributed by atoms with van der Waals surface area (Å²) in [4.78, 5) is 45.7. The molecule has 1 aromatic heterocycles. The molecule has 51 heavy (non-hydrogen) atoms. The lowest BCUT2D eigenvalue weighted by Gasteiger charge is -2.38. The van der Waals surface area contributed by atoms with E-state index in [4.69, 9.17) is 9.84 Å². The predicted molar refractivity (Wildman–Crippen MR) is 185 cm³/mol. The molecule has 2 fully saturated rings. The van der Waals surface area contributed by atoms with Crippen molar-refractivity contribution < 1.29 is 32.3 Å². The van der Waals surface area contributed by atoms with Gasteiger partial charge in [-0.05, 0) is 74.7 Å². The van der Waals surface area contributed by atoms with Crippen LogP contribution in [0.15, 0.2) is 78.9 Å². The highest BCUT2D eigenvalue weighted by molar-refractivity contribution is 6.05. The van der Waals surface area contributed by atoms with Gasteiger partial charge in [-0.1, -0.05) is 36.4 Å². The Kier molecular flexibility index (Phi) is 9.19. The average Bonchev–Trinajstić information content (AvgIpc) is 3.84. The first kappa shape index (κ1) is 34.4. The van der Waals surface area contributed by atoms with Crippen molar-refractivity contribution in [2.45, 2.75) is 44.8 Å². The minimum atomic E-state index is -4.65. The van der Waals surface area contributed by atoms with E-state index in [0.717, 1.165) is 43.8 Å². The van der Waals surface area contributed by atoms with E-state index in [-0.39, 0.29) is 18.0 Å². The molecule has 266 valence electrons. The number of alkyl halides is 3. The summed E-state index contributed by atoms with van der Waals surface area (Å²) in [5, 5.41) is 10.8. The number of hydrogen-bond donors (Lipinski definition) is 2. The fourth-order valence-corrected chi connectivity index (χ4v) is 7.22. The number of rotatable bonds is 9. The zero-order valence-electron chi connectivity index (χ0n) is 28.4. The Bertz CT molecular complexity index is 1950. The van der Waals surface area contributed by atoms with Crippen LogP contribution in [0.1, 0.15) is 58.4 Å². The SMILES string of the molecule is CCN1C(=O)[C@H](NC(=O)c2cccc(C(F)(F)F)c2)[C@@H](c2cccc(NC(=O)C3(CN4CCOCC4)CC3)c2)c2c(C)nn(-c3ccccc3)c21. The summed E-state index contributed by atoms with van der Waals surface area (Å²) in [5.74, 6) is -1.59. The number of hydrogen-bond acceptors (Lipinski definition) is 6. The lowest BCUT2D eigenvalue weighted by atomic mass is 9.80. The Morgan fingerprint density at radius 3 is 2.39 bits per heavy atom. The van der Waals surface area contributed by atoms with Crippen molar-refractivity contribution in [1.29, 1.82) is 0 Å². The van der Waals surface area contributed by atoms with Gasteiger partial charge >= 0.3 is 6.18 Å². The molecule has 0 unspecified atom stereocenters. The number of morpholine rings is 1. The summed E-state index contributed by atoms with van der Waals surface area (Å²) >= 11 is 0. The number of amides is 3.